The quantitative estimate of drug-likeness (QED) is 0.858. The molecule has 0 unspecified atom stereocenters. The molecule has 0 atom stereocenters. The van der Waals surface area contributed by atoms with Crippen molar-refractivity contribution in [2.24, 2.45) is 0 Å². The molecule has 0 fully saturated rings. The van der Waals surface area contributed by atoms with Gasteiger partial charge in [0.25, 0.3) is 0 Å². The van der Waals surface area contributed by atoms with Crippen LogP contribution < -0.4 is 5.73 Å². The molecule has 0 saturated heterocycles. The van der Waals surface area contributed by atoms with Gasteiger partial charge in [0.15, 0.2) is 5.82 Å². The van der Waals surface area contributed by atoms with E-state index in [0.29, 0.717) is 5.56 Å². The Bertz CT molecular complexity index is 551. The first kappa shape index (κ1) is 12.9. The van der Waals surface area contributed by atoms with Crippen molar-refractivity contribution in [1.82, 2.24) is 9.78 Å². The molecule has 0 amide bonds. The largest absolute Gasteiger partial charge is 0.396 e. The minimum atomic E-state index is -0.574. The average molecular weight is 268 g/mol. The molecule has 5 heteroatoms. The van der Waals surface area contributed by atoms with Gasteiger partial charge in [-0.15, -0.1) is 0 Å². The molecule has 2 N–H and O–H groups in total. The first-order valence-electron chi connectivity index (χ1n) is 5.89. The molecule has 3 nitrogen and oxygen atoms in total. The van der Waals surface area contributed by atoms with Crippen molar-refractivity contribution >= 4 is 17.3 Å². The highest BCUT2D eigenvalue weighted by molar-refractivity contribution is 6.33. The summed E-state index contributed by atoms with van der Waals surface area (Å²) < 4.78 is 15.4. The highest BCUT2D eigenvalue weighted by atomic mass is 35.5. The van der Waals surface area contributed by atoms with Crippen molar-refractivity contribution in [1.29, 1.82) is 0 Å². The number of nitrogens with two attached hydrogens (primary N) is 1. The number of nitrogen functional groups attached to an aromatic ring is 1. The number of anilines is 1. The van der Waals surface area contributed by atoms with Crippen LogP contribution in [-0.2, 0) is 6.54 Å². The lowest BCUT2D eigenvalue weighted by Gasteiger charge is -2.04. The Morgan fingerprint density at radius 2 is 2.22 bits per heavy atom. The van der Waals surface area contributed by atoms with Crippen molar-refractivity contribution in [3.63, 3.8) is 0 Å². The molecule has 0 radical (unpaired) electrons. The van der Waals surface area contributed by atoms with Gasteiger partial charge < -0.3 is 5.73 Å². The van der Waals surface area contributed by atoms with Crippen LogP contribution in [0.4, 0.5) is 10.1 Å². The van der Waals surface area contributed by atoms with Gasteiger partial charge in [0.05, 0.1) is 16.9 Å². The normalized spacial score (nSPS) is 10.8. The van der Waals surface area contributed by atoms with E-state index in [-0.39, 0.29) is 10.7 Å². The van der Waals surface area contributed by atoms with Crippen LogP contribution in [0.25, 0.3) is 11.1 Å². The highest BCUT2D eigenvalue weighted by Gasteiger charge is 2.12. The van der Waals surface area contributed by atoms with Crippen LogP contribution in [0, 0.1) is 5.82 Å². The lowest BCUT2D eigenvalue weighted by molar-refractivity contribution is 0.572. The molecule has 18 heavy (non-hydrogen) atoms. The summed E-state index contributed by atoms with van der Waals surface area (Å²) in [4.78, 5) is 0. The zero-order chi connectivity index (χ0) is 13.1. The van der Waals surface area contributed by atoms with Crippen molar-refractivity contribution in [3.05, 3.63) is 35.4 Å². The third-order valence-corrected chi connectivity index (χ3v) is 3.17. The highest BCUT2D eigenvalue weighted by Crippen LogP contribution is 2.32. The molecule has 0 saturated carbocycles. The molecule has 1 heterocycles. The van der Waals surface area contributed by atoms with Gasteiger partial charge in [0.2, 0.25) is 0 Å². The van der Waals surface area contributed by atoms with Gasteiger partial charge in [0, 0.05) is 23.9 Å². The standard InChI is InChI=1S/C13H15ClFN3/c1-2-3-6-18-8-9(7-17-18)10-4-5-11(16)13(15)12(10)14/h4-5,7-8H,2-3,6,16H2,1H3. The summed E-state index contributed by atoms with van der Waals surface area (Å²) in [5.41, 5.74) is 6.93. The molecular formula is C13H15ClFN3. The third kappa shape index (κ3) is 2.48. The zero-order valence-corrected chi connectivity index (χ0v) is 10.9. The second-order valence-corrected chi connectivity index (χ2v) is 4.55. The Balaban J connectivity index is 2.31. The molecule has 0 bridgehead atoms. The Morgan fingerprint density at radius 1 is 1.44 bits per heavy atom. The number of rotatable bonds is 4. The van der Waals surface area contributed by atoms with Crippen LogP contribution in [-0.4, -0.2) is 9.78 Å². The predicted molar refractivity (Wildman–Crippen MR) is 72.0 cm³/mol. The van der Waals surface area contributed by atoms with Crippen LogP contribution in [0.2, 0.25) is 5.02 Å². The van der Waals surface area contributed by atoms with E-state index in [9.17, 15) is 4.39 Å². The van der Waals surface area contributed by atoms with Crippen molar-refractivity contribution in [2.75, 3.05) is 5.73 Å². The summed E-state index contributed by atoms with van der Waals surface area (Å²) >= 11 is 5.95. The van der Waals surface area contributed by atoms with E-state index < -0.39 is 5.82 Å². The molecular weight excluding hydrogens is 253 g/mol. The van der Waals surface area contributed by atoms with E-state index in [4.69, 9.17) is 17.3 Å². The fraction of sp³-hybridized carbons (Fsp3) is 0.308. The molecule has 96 valence electrons. The topological polar surface area (TPSA) is 43.8 Å². The molecule has 1 aromatic heterocycles. The van der Waals surface area contributed by atoms with Gasteiger partial charge in [-0.3, -0.25) is 4.68 Å². The molecule has 1 aromatic carbocycles. The lowest BCUT2D eigenvalue weighted by Crippen LogP contribution is -1.97. The molecule has 0 spiro atoms. The van der Waals surface area contributed by atoms with E-state index in [1.807, 2.05) is 10.9 Å². The van der Waals surface area contributed by atoms with Gasteiger partial charge in [0.1, 0.15) is 0 Å². The maximum Gasteiger partial charge on any atom is 0.165 e. The van der Waals surface area contributed by atoms with Gasteiger partial charge in [-0.2, -0.15) is 5.10 Å². The van der Waals surface area contributed by atoms with E-state index in [1.54, 1.807) is 12.3 Å². The lowest BCUT2D eigenvalue weighted by atomic mass is 10.1. The number of unbranched alkanes of at least 4 members (excludes halogenated alkanes) is 1. The summed E-state index contributed by atoms with van der Waals surface area (Å²) in [5.74, 6) is -0.574. The third-order valence-electron chi connectivity index (χ3n) is 2.80. The second kappa shape index (κ2) is 5.40. The second-order valence-electron chi connectivity index (χ2n) is 4.18. The fourth-order valence-electron chi connectivity index (χ4n) is 1.73. The number of hydrogen-bond donors (Lipinski definition) is 1. The molecule has 0 aliphatic rings. The minimum absolute atomic E-state index is 0.0463. The van der Waals surface area contributed by atoms with Crippen LogP contribution in [0.3, 0.4) is 0 Å². The average Bonchev–Trinajstić information content (AvgIpc) is 2.82. The van der Waals surface area contributed by atoms with E-state index >= 15 is 0 Å². The van der Waals surface area contributed by atoms with Gasteiger partial charge in [-0.1, -0.05) is 31.0 Å². The minimum Gasteiger partial charge on any atom is -0.396 e. The summed E-state index contributed by atoms with van der Waals surface area (Å²) in [5, 5.41) is 4.27. The monoisotopic (exact) mass is 267 g/mol. The zero-order valence-electron chi connectivity index (χ0n) is 10.2. The predicted octanol–water partition coefficient (Wildman–Crippen LogP) is 3.72. The number of halogens is 2. The molecule has 0 aliphatic heterocycles. The molecule has 2 rings (SSSR count). The Kier molecular flexibility index (Phi) is 3.87. The van der Waals surface area contributed by atoms with Gasteiger partial charge >= 0.3 is 0 Å². The van der Waals surface area contributed by atoms with Crippen molar-refractivity contribution in [3.8, 4) is 11.1 Å². The summed E-state index contributed by atoms with van der Waals surface area (Å²) in [6.45, 7) is 2.97. The van der Waals surface area contributed by atoms with Crippen molar-refractivity contribution in [2.45, 2.75) is 26.3 Å². The van der Waals surface area contributed by atoms with Crippen molar-refractivity contribution < 1.29 is 4.39 Å². The number of benzene rings is 1. The smallest absolute Gasteiger partial charge is 0.165 e. The van der Waals surface area contributed by atoms with E-state index in [2.05, 4.69) is 12.0 Å². The number of aryl methyl sites for hydroxylation is 1. The van der Waals surface area contributed by atoms with E-state index in [1.165, 1.54) is 6.07 Å². The van der Waals surface area contributed by atoms with Crippen LogP contribution >= 0.6 is 11.6 Å². The Hall–Kier alpha value is -1.55. The summed E-state index contributed by atoms with van der Waals surface area (Å²) in [6, 6.07) is 3.22. The van der Waals surface area contributed by atoms with Gasteiger partial charge in [-0.25, -0.2) is 4.39 Å². The first-order chi connectivity index (χ1) is 8.63. The molecule has 2 aromatic rings. The maximum atomic E-state index is 13.6. The number of nitrogens with zero attached hydrogens (tertiary/aromatic N) is 2. The number of hydrogen-bond acceptors (Lipinski definition) is 2. The van der Waals surface area contributed by atoms with Crippen LogP contribution in [0.1, 0.15) is 19.8 Å². The van der Waals surface area contributed by atoms with Crippen LogP contribution in [0.5, 0.6) is 0 Å². The van der Waals surface area contributed by atoms with E-state index in [0.717, 1.165) is 24.9 Å². The first-order valence-corrected chi connectivity index (χ1v) is 6.27. The Labute approximate surface area is 110 Å². The summed E-state index contributed by atoms with van der Waals surface area (Å²) in [7, 11) is 0. The fourth-order valence-corrected chi connectivity index (χ4v) is 2.01. The summed E-state index contributed by atoms with van der Waals surface area (Å²) in [6.07, 6.45) is 5.72. The SMILES string of the molecule is CCCCn1cc(-c2ccc(N)c(F)c2Cl)cn1. The molecule has 0 aliphatic carbocycles. The van der Waals surface area contributed by atoms with Crippen LogP contribution in [0.15, 0.2) is 24.5 Å². The Morgan fingerprint density at radius 3 is 2.94 bits per heavy atom. The maximum absolute atomic E-state index is 13.6. The number of aromatic nitrogens is 2. The van der Waals surface area contributed by atoms with Gasteiger partial charge in [-0.05, 0) is 12.5 Å².